The lowest BCUT2D eigenvalue weighted by atomic mass is 10.2. The van der Waals surface area contributed by atoms with Gasteiger partial charge in [0.05, 0.1) is 18.5 Å². The van der Waals surface area contributed by atoms with Crippen LogP contribution < -0.4 is 10.6 Å². The first-order valence-corrected chi connectivity index (χ1v) is 9.80. The highest BCUT2D eigenvalue weighted by molar-refractivity contribution is 5.79. The van der Waals surface area contributed by atoms with Crippen LogP contribution in [0.3, 0.4) is 0 Å². The van der Waals surface area contributed by atoms with Gasteiger partial charge in [-0.05, 0) is 44.0 Å². The molecule has 3 aromatic rings. The Morgan fingerprint density at radius 1 is 1.07 bits per heavy atom. The Morgan fingerprint density at radius 2 is 1.89 bits per heavy atom. The number of rotatable bonds is 9. The molecule has 0 unspecified atom stereocenters. The van der Waals surface area contributed by atoms with Crippen molar-refractivity contribution in [3.63, 3.8) is 0 Å². The van der Waals surface area contributed by atoms with E-state index in [1.165, 1.54) is 11.3 Å². The summed E-state index contributed by atoms with van der Waals surface area (Å²) >= 11 is 0. The molecule has 0 saturated heterocycles. The molecule has 2 aromatic heterocycles. The van der Waals surface area contributed by atoms with Gasteiger partial charge in [0.15, 0.2) is 5.96 Å². The molecule has 3 rings (SSSR count). The Morgan fingerprint density at radius 3 is 2.61 bits per heavy atom. The molecule has 0 fully saturated rings. The molecule has 1 aromatic carbocycles. The van der Waals surface area contributed by atoms with Crippen molar-refractivity contribution in [2.24, 2.45) is 4.99 Å². The number of benzene rings is 1. The molecule has 0 aliphatic rings. The summed E-state index contributed by atoms with van der Waals surface area (Å²) in [7, 11) is 0. The Labute approximate surface area is 166 Å². The fourth-order valence-electron chi connectivity index (χ4n) is 3.02. The van der Waals surface area contributed by atoms with Crippen LogP contribution in [0.25, 0.3) is 0 Å². The minimum absolute atomic E-state index is 0.647. The second-order valence-electron chi connectivity index (χ2n) is 6.84. The van der Waals surface area contributed by atoms with Crippen molar-refractivity contribution in [1.29, 1.82) is 0 Å². The fourth-order valence-corrected chi connectivity index (χ4v) is 3.02. The van der Waals surface area contributed by atoms with Crippen molar-refractivity contribution in [2.75, 3.05) is 13.1 Å². The molecule has 2 heterocycles. The van der Waals surface area contributed by atoms with Crippen molar-refractivity contribution in [2.45, 2.75) is 39.8 Å². The SMILES string of the molecule is Cc1cc(C)n(CCCNC(=NCc2ccccc2)NCCc2ccco2)n1. The van der Waals surface area contributed by atoms with Crippen molar-refractivity contribution in [3.8, 4) is 0 Å². The third-order valence-electron chi connectivity index (χ3n) is 4.45. The summed E-state index contributed by atoms with van der Waals surface area (Å²) in [6.07, 6.45) is 3.51. The van der Waals surface area contributed by atoms with E-state index in [1.54, 1.807) is 6.26 Å². The number of aryl methyl sites for hydroxylation is 3. The first kappa shape index (κ1) is 19.7. The minimum Gasteiger partial charge on any atom is -0.469 e. The summed E-state index contributed by atoms with van der Waals surface area (Å²) < 4.78 is 7.45. The van der Waals surface area contributed by atoms with Crippen molar-refractivity contribution in [1.82, 2.24) is 20.4 Å². The van der Waals surface area contributed by atoms with E-state index in [2.05, 4.69) is 45.5 Å². The van der Waals surface area contributed by atoms with E-state index in [4.69, 9.17) is 9.41 Å². The van der Waals surface area contributed by atoms with E-state index >= 15 is 0 Å². The number of nitrogens with one attached hydrogen (secondary N) is 2. The molecule has 0 amide bonds. The second-order valence-corrected chi connectivity index (χ2v) is 6.84. The highest BCUT2D eigenvalue weighted by Crippen LogP contribution is 2.03. The van der Waals surface area contributed by atoms with E-state index in [0.29, 0.717) is 6.54 Å². The zero-order chi connectivity index (χ0) is 19.6. The predicted molar refractivity (Wildman–Crippen MR) is 112 cm³/mol. The molecule has 0 bridgehead atoms. The zero-order valence-corrected chi connectivity index (χ0v) is 16.7. The Bertz CT molecular complexity index is 852. The zero-order valence-electron chi connectivity index (χ0n) is 16.7. The quantitative estimate of drug-likeness (QED) is 0.339. The number of hydrogen-bond acceptors (Lipinski definition) is 3. The number of aliphatic imine (C=N–C) groups is 1. The molecular formula is C22H29N5O. The van der Waals surface area contributed by atoms with Crippen LogP contribution in [0.1, 0.15) is 29.1 Å². The van der Waals surface area contributed by atoms with Crippen LogP contribution in [0.15, 0.2) is 64.2 Å². The van der Waals surface area contributed by atoms with Gasteiger partial charge in [0.2, 0.25) is 0 Å². The van der Waals surface area contributed by atoms with Crippen molar-refractivity contribution >= 4 is 5.96 Å². The molecule has 0 atom stereocenters. The molecule has 28 heavy (non-hydrogen) atoms. The van der Waals surface area contributed by atoms with Gasteiger partial charge >= 0.3 is 0 Å². The lowest BCUT2D eigenvalue weighted by Gasteiger charge is -2.13. The third kappa shape index (κ3) is 6.30. The van der Waals surface area contributed by atoms with E-state index in [0.717, 1.165) is 49.9 Å². The first-order chi connectivity index (χ1) is 13.7. The van der Waals surface area contributed by atoms with Crippen LogP contribution in [0, 0.1) is 13.8 Å². The fraction of sp³-hybridized carbons (Fsp3) is 0.364. The summed E-state index contributed by atoms with van der Waals surface area (Å²) in [4.78, 5) is 4.72. The molecule has 0 aliphatic heterocycles. The van der Waals surface area contributed by atoms with Gasteiger partial charge in [-0.1, -0.05) is 30.3 Å². The van der Waals surface area contributed by atoms with Crippen LogP contribution in [-0.4, -0.2) is 28.8 Å². The van der Waals surface area contributed by atoms with Crippen LogP contribution in [0.5, 0.6) is 0 Å². The van der Waals surface area contributed by atoms with Crippen LogP contribution >= 0.6 is 0 Å². The minimum atomic E-state index is 0.647. The Kier molecular flexibility index (Phi) is 7.29. The van der Waals surface area contributed by atoms with Crippen molar-refractivity contribution in [3.05, 3.63) is 77.5 Å². The number of hydrogen-bond donors (Lipinski definition) is 2. The predicted octanol–water partition coefficient (Wildman–Crippen LogP) is 3.46. The standard InChI is InChI=1S/C22H29N5O/c1-18-16-19(2)27(26-18)14-7-12-23-22(24-13-11-21-10-6-15-28-21)25-17-20-8-4-3-5-9-20/h3-6,8-10,15-16H,7,11-14,17H2,1-2H3,(H2,23,24,25). The van der Waals surface area contributed by atoms with Gasteiger partial charge in [-0.15, -0.1) is 0 Å². The first-order valence-electron chi connectivity index (χ1n) is 9.80. The van der Waals surface area contributed by atoms with Gasteiger partial charge in [-0.25, -0.2) is 4.99 Å². The largest absolute Gasteiger partial charge is 0.469 e. The highest BCUT2D eigenvalue weighted by atomic mass is 16.3. The summed E-state index contributed by atoms with van der Waals surface area (Å²) in [6.45, 7) is 7.26. The van der Waals surface area contributed by atoms with Gasteiger partial charge in [0.1, 0.15) is 5.76 Å². The molecule has 0 saturated carbocycles. The second kappa shape index (κ2) is 10.3. The monoisotopic (exact) mass is 379 g/mol. The summed E-state index contributed by atoms with van der Waals surface area (Å²) in [6, 6.07) is 16.3. The normalized spacial score (nSPS) is 11.6. The van der Waals surface area contributed by atoms with Gasteiger partial charge in [-0.2, -0.15) is 5.10 Å². The topological polar surface area (TPSA) is 67.4 Å². The summed E-state index contributed by atoms with van der Waals surface area (Å²) in [5.74, 6) is 1.79. The van der Waals surface area contributed by atoms with Gasteiger partial charge < -0.3 is 15.1 Å². The van der Waals surface area contributed by atoms with Gasteiger partial charge in [-0.3, -0.25) is 4.68 Å². The van der Waals surface area contributed by atoms with Gasteiger partial charge in [0.25, 0.3) is 0 Å². The third-order valence-corrected chi connectivity index (χ3v) is 4.45. The Hall–Kier alpha value is -3.02. The molecule has 6 heteroatoms. The number of nitrogens with zero attached hydrogens (tertiary/aromatic N) is 3. The maximum Gasteiger partial charge on any atom is 0.191 e. The lowest BCUT2D eigenvalue weighted by molar-refractivity contribution is 0.506. The van der Waals surface area contributed by atoms with E-state index < -0.39 is 0 Å². The summed E-state index contributed by atoms with van der Waals surface area (Å²) in [5, 5.41) is 11.3. The number of guanidine groups is 1. The lowest BCUT2D eigenvalue weighted by Crippen LogP contribution is -2.39. The maximum absolute atomic E-state index is 5.40. The van der Waals surface area contributed by atoms with Crippen LogP contribution in [0.4, 0.5) is 0 Å². The van der Waals surface area contributed by atoms with E-state index in [1.807, 2.05) is 37.3 Å². The van der Waals surface area contributed by atoms with E-state index in [9.17, 15) is 0 Å². The van der Waals surface area contributed by atoms with Gasteiger partial charge in [0, 0.05) is 31.7 Å². The number of furan rings is 1. The summed E-state index contributed by atoms with van der Waals surface area (Å²) in [5.41, 5.74) is 3.46. The maximum atomic E-state index is 5.40. The molecule has 0 radical (unpaired) electrons. The smallest absolute Gasteiger partial charge is 0.191 e. The molecule has 0 aliphatic carbocycles. The molecule has 2 N–H and O–H groups in total. The average Bonchev–Trinajstić information content (AvgIpc) is 3.32. The van der Waals surface area contributed by atoms with E-state index in [-0.39, 0.29) is 0 Å². The van der Waals surface area contributed by atoms with Crippen molar-refractivity contribution < 1.29 is 4.42 Å². The number of aromatic nitrogens is 2. The molecule has 148 valence electrons. The average molecular weight is 380 g/mol. The molecule has 6 nitrogen and oxygen atoms in total. The highest BCUT2D eigenvalue weighted by Gasteiger charge is 2.03. The molecule has 0 spiro atoms. The van der Waals surface area contributed by atoms with Crippen LogP contribution in [0.2, 0.25) is 0 Å². The van der Waals surface area contributed by atoms with Crippen LogP contribution in [-0.2, 0) is 19.5 Å². The Balaban J connectivity index is 1.49. The molecular weight excluding hydrogens is 350 g/mol.